The maximum absolute atomic E-state index is 12.2. The second-order valence-corrected chi connectivity index (χ2v) is 8.48. The molecule has 7 nitrogen and oxygen atoms in total. The van der Waals surface area contributed by atoms with Crippen molar-refractivity contribution < 1.29 is 32.6 Å². The molecule has 0 bridgehead atoms. The summed E-state index contributed by atoms with van der Waals surface area (Å²) in [5.41, 5.74) is 0.465. The molecule has 1 spiro atoms. The largest absolute Gasteiger partial charge is 0.490 e. The molecule has 4 rings (SSSR count). The van der Waals surface area contributed by atoms with E-state index >= 15 is 0 Å². The van der Waals surface area contributed by atoms with Crippen LogP contribution in [-0.4, -0.2) is 70.9 Å². The van der Waals surface area contributed by atoms with Gasteiger partial charge in [0.25, 0.3) is 5.91 Å². The molecule has 1 aliphatic carbocycles. The highest BCUT2D eigenvalue weighted by molar-refractivity contribution is 5.92. The molecule has 1 aromatic rings. The Bertz CT molecular complexity index is 748. The van der Waals surface area contributed by atoms with Gasteiger partial charge in [-0.25, -0.2) is 4.79 Å². The van der Waals surface area contributed by atoms with E-state index in [1.54, 1.807) is 12.3 Å². The molecule has 0 aromatic carbocycles. The Morgan fingerprint density at radius 3 is 2.45 bits per heavy atom. The zero-order chi connectivity index (χ0) is 22.5. The quantitative estimate of drug-likeness (QED) is 0.744. The number of carbonyl (C=O) groups excluding carboxylic acids is 1. The summed E-state index contributed by atoms with van der Waals surface area (Å²) in [6.07, 6.45) is 3.94. The zero-order valence-electron chi connectivity index (χ0n) is 17.2. The molecule has 172 valence electrons. The van der Waals surface area contributed by atoms with Gasteiger partial charge in [0.2, 0.25) is 0 Å². The molecular formula is C21H28F3N3O4. The van der Waals surface area contributed by atoms with Crippen LogP contribution in [0.2, 0.25) is 0 Å². The van der Waals surface area contributed by atoms with Crippen LogP contribution in [0.5, 0.6) is 0 Å². The van der Waals surface area contributed by atoms with Gasteiger partial charge in [-0.05, 0) is 50.2 Å². The molecular weight excluding hydrogens is 415 g/mol. The van der Waals surface area contributed by atoms with Gasteiger partial charge < -0.3 is 20.1 Å². The number of alkyl halides is 3. The van der Waals surface area contributed by atoms with Gasteiger partial charge in [0.05, 0.1) is 18.2 Å². The van der Waals surface area contributed by atoms with E-state index in [0.717, 1.165) is 38.3 Å². The Labute approximate surface area is 179 Å². The molecule has 1 atom stereocenters. The SMILES string of the molecule is O=C(NC1COC2(CCN(CC3CCC3)CC2)C1)c1ccccn1.O=C(O)C(F)(F)F. The molecule has 3 fully saturated rings. The fourth-order valence-corrected chi connectivity index (χ4v) is 4.23. The smallest absolute Gasteiger partial charge is 0.475 e. The van der Waals surface area contributed by atoms with E-state index in [1.807, 2.05) is 12.1 Å². The number of carboxylic acids is 1. The van der Waals surface area contributed by atoms with Crippen molar-refractivity contribution >= 4 is 11.9 Å². The zero-order valence-corrected chi connectivity index (χ0v) is 17.2. The monoisotopic (exact) mass is 443 g/mol. The number of pyridine rings is 1. The minimum atomic E-state index is -5.08. The van der Waals surface area contributed by atoms with Crippen molar-refractivity contribution in [2.24, 2.45) is 5.92 Å². The molecule has 1 aromatic heterocycles. The summed E-state index contributed by atoms with van der Waals surface area (Å²) in [6.45, 7) is 4.17. The van der Waals surface area contributed by atoms with Crippen molar-refractivity contribution in [3.8, 4) is 0 Å². The van der Waals surface area contributed by atoms with E-state index < -0.39 is 12.1 Å². The topological polar surface area (TPSA) is 91.8 Å². The van der Waals surface area contributed by atoms with E-state index in [-0.39, 0.29) is 17.6 Å². The molecule has 1 saturated carbocycles. The van der Waals surface area contributed by atoms with Crippen LogP contribution >= 0.6 is 0 Å². The number of carboxylic acid groups (broad SMARTS) is 1. The number of aromatic nitrogens is 1. The first-order valence-electron chi connectivity index (χ1n) is 10.6. The van der Waals surface area contributed by atoms with Crippen molar-refractivity contribution in [2.45, 2.75) is 56.3 Å². The van der Waals surface area contributed by atoms with Gasteiger partial charge >= 0.3 is 12.1 Å². The fourth-order valence-electron chi connectivity index (χ4n) is 4.23. The molecule has 2 aliphatic heterocycles. The molecule has 1 unspecified atom stereocenters. The molecule has 10 heteroatoms. The Morgan fingerprint density at radius 2 is 1.94 bits per heavy atom. The highest BCUT2D eigenvalue weighted by atomic mass is 19.4. The summed E-state index contributed by atoms with van der Waals surface area (Å²) in [7, 11) is 0. The van der Waals surface area contributed by atoms with Crippen molar-refractivity contribution in [1.82, 2.24) is 15.2 Å². The van der Waals surface area contributed by atoms with E-state index in [0.29, 0.717) is 12.3 Å². The number of piperidine rings is 1. The van der Waals surface area contributed by atoms with Crippen molar-refractivity contribution in [1.29, 1.82) is 0 Å². The Hall–Kier alpha value is -2.20. The number of amides is 1. The number of nitrogens with zero attached hydrogens (tertiary/aromatic N) is 2. The van der Waals surface area contributed by atoms with Gasteiger partial charge in [-0.1, -0.05) is 12.5 Å². The Balaban J connectivity index is 0.000000339. The predicted octanol–water partition coefficient (Wildman–Crippen LogP) is 2.87. The highest BCUT2D eigenvalue weighted by Crippen LogP contribution is 2.37. The molecule has 1 amide bonds. The van der Waals surface area contributed by atoms with Gasteiger partial charge in [0, 0.05) is 25.8 Å². The third kappa shape index (κ3) is 6.64. The van der Waals surface area contributed by atoms with Crippen molar-refractivity contribution in [2.75, 3.05) is 26.2 Å². The Morgan fingerprint density at radius 1 is 1.26 bits per heavy atom. The lowest BCUT2D eigenvalue weighted by molar-refractivity contribution is -0.192. The summed E-state index contributed by atoms with van der Waals surface area (Å²) in [5, 5.41) is 10.2. The lowest BCUT2D eigenvalue weighted by Gasteiger charge is -2.41. The van der Waals surface area contributed by atoms with E-state index in [2.05, 4.69) is 15.2 Å². The third-order valence-electron chi connectivity index (χ3n) is 6.19. The predicted molar refractivity (Wildman–Crippen MR) is 105 cm³/mol. The molecule has 31 heavy (non-hydrogen) atoms. The van der Waals surface area contributed by atoms with E-state index in [9.17, 15) is 18.0 Å². The van der Waals surface area contributed by atoms with Crippen LogP contribution in [0.1, 0.15) is 49.0 Å². The summed E-state index contributed by atoms with van der Waals surface area (Å²) in [5.74, 6) is -1.91. The van der Waals surface area contributed by atoms with Gasteiger partial charge in [-0.3, -0.25) is 9.78 Å². The summed E-state index contributed by atoms with van der Waals surface area (Å²) in [4.78, 5) is 27.9. The number of likely N-dealkylation sites (tertiary alicyclic amines) is 1. The summed E-state index contributed by atoms with van der Waals surface area (Å²) < 4.78 is 37.9. The maximum atomic E-state index is 12.2. The first-order chi connectivity index (χ1) is 14.7. The normalized spacial score (nSPS) is 23.5. The minimum Gasteiger partial charge on any atom is -0.475 e. The fraction of sp³-hybridized carbons (Fsp3) is 0.667. The maximum Gasteiger partial charge on any atom is 0.490 e. The second kappa shape index (κ2) is 9.95. The van der Waals surface area contributed by atoms with Crippen LogP contribution in [-0.2, 0) is 9.53 Å². The van der Waals surface area contributed by atoms with Crippen LogP contribution < -0.4 is 5.32 Å². The number of halogens is 3. The first-order valence-corrected chi connectivity index (χ1v) is 10.6. The number of rotatable bonds is 4. The lowest BCUT2D eigenvalue weighted by Crippen LogP contribution is -2.46. The van der Waals surface area contributed by atoms with Crippen LogP contribution in [0.25, 0.3) is 0 Å². The Kier molecular flexibility index (Phi) is 7.53. The van der Waals surface area contributed by atoms with Crippen LogP contribution in [0.3, 0.4) is 0 Å². The molecule has 2 N–H and O–H groups in total. The van der Waals surface area contributed by atoms with Crippen LogP contribution in [0.15, 0.2) is 24.4 Å². The number of hydrogen-bond donors (Lipinski definition) is 2. The first kappa shape index (κ1) is 23.5. The molecule has 2 saturated heterocycles. The third-order valence-corrected chi connectivity index (χ3v) is 6.19. The van der Waals surface area contributed by atoms with Gasteiger partial charge in [0.1, 0.15) is 5.69 Å². The summed E-state index contributed by atoms with van der Waals surface area (Å²) >= 11 is 0. The average Bonchev–Trinajstić information content (AvgIpc) is 3.09. The molecule has 3 heterocycles. The minimum absolute atomic E-state index is 0.0157. The van der Waals surface area contributed by atoms with Gasteiger partial charge in [0.15, 0.2) is 0 Å². The van der Waals surface area contributed by atoms with Gasteiger partial charge in [-0.15, -0.1) is 0 Å². The highest BCUT2D eigenvalue weighted by Gasteiger charge is 2.43. The number of aliphatic carboxylic acids is 1. The summed E-state index contributed by atoms with van der Waals surface area (Å²) in [6, 6.07) is 5.52. The van der Waals surface area contributed by atoms with E-state index in [4.69, 9.17) is 14.6 Å². The number of hydrogen-bond acceptors (Lipinski definition) is 5. The number of nitrogens with one attached hydrogen (secondary N) is 1. The van der Waals surface area contributed by atoms with Crippen molar-refractivity contribution in [3.63, 3.8) is 0 Å². The number of carbonyl (C=O) groups is 2. The average molecular weight is 443 g/mol. The van der Waals surface area contributed by atoms with Gasteiger partial charge in [-0.2, -0.15) is 13.2 Å². The molecule has 0 radical (unpaired) electrons. The van der Waals surface area contributed by atoms with E-state index in [1.165, 1.54) is 25.8 Å². The number of ether oxygens (including phenoxy) is 1. The van der Waals surface area contributed by atoms with Crippen LogP contribution in [0, 0.1) is 5.92 Å². The second-order valence-electron chi connectivity index (χ2n) is 8.48. The van der Waals surface area contributed by atoms with Crippen LogP contribution in [0.4, 0.5) is 13.2 Å². The molecule has 3 aliphatic rings. The standard InChI is InChI=1S/C19H27N3O2.C2HF3O2/c23-18(17-6-1-2-9-20-17)21-16-12-19(24-14-16)7-10-22(11-8-19)13-15-4-3-5-15;3-2(4,5)1(6)7/h1-2,6,9,15-16H,3-5,7-8,10-14H2,(H,21,23);(H,6,7). The lowest BCUT2D eigenvalue weighted by atomic mass is 9.83. The van der Waals surface area contributed by atoms with Crippen molar-refractivity contribution in [3.05, 3.63) is 30.1 Å².